The molecule has 0 amide bonds. The van der Waals surface area contributed by atoms with Crippen LogP contribution in [0, 0.1) is 6.92 Å². The first-order chi connectivity index (χ1) is 7.75. The minimum Gasteiger partial charge on any atom is -0.322 e. The molecule has 3 heterocycles. The summed E-state index contributed by atoms with van der Waals surface area (Å²) in [5.74, 6) is 1.77. The summed E-state index contributed by atoms with van der Waals surface area (Å²) >= 11 is 1.42. The van der Waals surface area contributed by atoms with Gasteiger partial charge in [-0.3, -0.25) is 0 Å². The average Bonchev–Trinajstić information content (AvgIpc) is 2.84. The number of aromatic nitrogens is 4. The molecule has 0 aliphatic carbocycles. The SMILES string of the molecule is CC1=CCCn2c1cnc2-c1nc(C)ns1. The second-order valence-electron chi connectivity index (χ2n) is 3.94. The highest BCUT2D eigenvalue weighted by atomic mass is 32.1. The molecule has 0 saturated carbocycles. The lowest BCUT2D eigenvalue weighted by Gasteiger charge is -2.14. The minimum atomic E-state index is 0.820. The van der Waals surface area contributed by atoms with Gasteiger partial charge in [0.2, 0.25) is 0 Å². The number of rotatable bonds is 1. The van der Waals surface area contributed by atoms with E-state index in [0.29, 0.717) is 0 Å². The summed E-state index contributed by atoms with van der Waals surface area (Å²) in [5, 5.41) is 0.915. The van der Waals surface area contributed by atoms with Gasteiger partial charge < -0.3 is 4.57 Å². The number of aryl methyl sites for hydroxylation is 1. The van der Waals surface area contributed by atoms with Crippen LogP contribution in [0.4, 0.5) is 0 Å². The summed E-state index contributed by atoms with van der Waals surface area (Å²) in [7, 11) is 0. The third-order valence-corrected chi connectivity index (χ3v) is 3.58. The zero-order chi connectivity index (χ0) is 11.1. The van der Waals surface area contributed by atoms with Crippen molar-refractivity contribution in [3.8, 4) is 10.8 Å². The average molecular weight is 232 g/mol. The third-order valence-electron chi connectivity index (χ3n) is 2.78. The summed E-state index contributed by atoms with van der Waals surface area (Å²) in [6, 6.07) is 0. The van der Waals surface area contributed by atoms with Crippen molar-refractivity contribution in [2.24, 2.45) is 0 Å². The van der Waals surface area contributed by atoms with Gasteiger partial charge in [-0.25, -0.2) is 9.97 Å². The molecule has 4 nitrogen and oxygen atoms in total. The Bertz CT molecular complexity index is 564. The van der Waals surface area contributed by atoms with E-state index >= 15 is 0 Å². The molecule has 1 aliphatic rings. The van der Waals surface area contributed by atoms with Crippen molar-refractivity contribution in [1.29, 1.82) is 0 Å². The fraction of sp³-hybridized carbons (Fsp3) is 0.364. The van der Waals surface area contributed by atoms with Crippen LogP contribution in [-0.4, -0.2) is 18.9 Å². The van der Waals surface area contributed by atoms with Gasteiger partial charge in [0.25, 0.3) is 0 Å². The first-order valence-electron chi connectivity index (χ1n) is 5.29. The number of hydrogen-bond acceptors (Lipinski definition) is 4. The normalized spacial score (nSPS) is 14.8. The molecule has 82 valence electrons. The van der Waals surface area contributed by atoms with E-state index in [4.69, 9.17) is 0 Å². The van der Waals surface area contributed by atoms with Crippen molar-refractivity contribution in [3.63, 3.8) is 0 Å². The zero-order valence-electron chi connectivity index (χ0n) is 9.27. The molecule has 0 fully saturated rings. The lowest BCUT2D eigenvalue weighted by Crippen LogP contribution is -2.07. The van der Waals surface area contributed by atoms with Crippen LogP contribution in [0.25, 0.3) is 16.4 Å². The zero-order valence-corrected chi connectivity index (χ0v) is 10.1. The molecule has 0 saturated heterocycles. The van der Waals surface area contributed by atoms with Crippen LogP contribution < -0.4 is 0 Å². The quantitative estimate of drug-likeness (QED) is 0.758. The fourth-order valence-electron chi connectivity index (χ4n) is 1.99. The first-order valence-corrected chi connectivity index (χ1v) is 6.06. The number of fused-ring (bicyclic) bond motifs is 1. The lowest BCUT2D eigenvalue weighted by atomic mass is 10.1. The van der Waals surface area contributed by atoms with Gasteiger partial charge in [-0.15, -0.1) is 0 Å². The van der Waals surface area contributed by atoms with Crippen molar-refractivity contribution in [1.82, 2.24) is 18.9 Å². The minimum absolute atomic E-state index is 0.820. The maximum atomic E-state index is 4.46. The first kappa shape index (κ1) is 9.72. The topological polar surface area (TPSA) is 43.6 Å². The van der Waals surface area contributed by atoms with E-state index in [1.807, 2.05) is 13.1 Å². The molecule has 0 spiro atoms. The fourth-order valence-corrected chi connectivity index (χ4v) is 2.67. The van der Waals surface area contributed by atoms with E-state index in [9.17, 15) is 0 Å². The van der Waals surface area contributed by atoms with E-state index in [2.05, 4.69) is 31.9 Å². The summed E-state index contributed by atoms with van der Waals surface area (Å²) in [6.07, 6.45) is 5.25. The Balaban J connectivity index is 2.14. The van der Waals surface area contributed by atoms with Gasteiger partial charge in [-0.2, -0.15) is 4.37 Å². The summed E-state index contributed by atoms with van der Waals surface area (Å²) in [4.78, 5) is 8.85. The number of nitrogens with zero attached hydrogens (tertiary/aromatic N) is 4. The maximum Gasteiger partial charge on any atom is 0.179 e. The molecule has 0 bridgehead atoms. The molecule has 2 aromatic heterocycles. The van der Waals surface area contributed by atoms with Crippen LogP contribution in [-0.2, 0) is 6.54 Å². The van der Waals surface area contributed by atoms with Crippen LogP contribution in [0.2, 0.25) is 0 Å². The molecule has 2 aromatic rings. The van der Waals surface area contributed by atoms with Gasteiger partial charge >= 0.3 is 0 Å². The Hall–Kier alpha value is -1.49. The van der Waals surface area contributed by atoms with Crippen LogP contribution in [0.15, 0.2) is 12.3 Å². The summed E-state index contributed by atoms with van der Waals surface area (Å²) in [5.41, 5.74) is 2.50. The lowest BCUT2D eigenvalue weighted by molar-refractivity contribution is 0.693. The highest BCUT2D eigenvalue weighted by Crippen LogP contribution is 2.28. The monoisotopic (exact) mass is 232 g/mol. The van der Waals surface area contributed by atoms with E-state index in [0.717, 1.165) is 29.6 Å². The highest BCUT2D eigenvalue weighted by Gasteiger charge is 2.17. The van der Waals surface area contributed by atoms with Gasteiger partial charge in [0.1, 0.15) is 5.82 Å². The second-order valence-corrected chi connectivity index (χ2v) is 4.69. The van der Waals surface area contributed by atoms with Crippen molar-refractivity contribution in [2.45, 2.75) is 26.8 Å². The molecule has 16 heavy (non-hydrogen) atoms. The Kier molecular flexibility index (Phi) is 2.14. The molecule has 0 radical (unpaired) electrons. The number of allylic oxidation sites excluding steroid dienone is 2. The van der Waals surface area contributed by atoms with Crippen LogP contribution in [0.5, 0.6) is 0 Å². The summed E-state index contributed by atoms with van der Waals surface area (Å²) < 4.78 is 6.43. The second kappa shape index (κ2) is 3.52. The Morgan fingerprint density at radius 3 is 3.00 bits per heavy atom. The van der Waals surface area contributed by atoms with Crippen LogP contribution in [0.1, 0.15) is 24.9 Å². The predicted molar refractivity (Wildman–Crippen MR) is 64.1 cm³/mol. The van der Waals surface area contributed by atoms with E-state index < -0.39 is 0 Å². The molecule has 0 N–H and O–H groups in total. The van der Waals surface area contributed by atoms with Crippen molar-refractivity contribution in [2.75, 3.05) is 0 Å². The maximum absolute atomic E-state index is 4.46. The van der Waals surface area contributed by atoms with Gasteiger partial charge in [-0.1, -0.05) is 6.08 Å². The standard InChI is InChI=1S/C11H12N4S/c1-7-4-3-5-15-9(7)6-12-10(15)11-13-8(2)14-16-11/h4,6H,3,5H2,1-2H3. The molecule has 1 aliphatic heterocycles. The molecule has 5 heteroatoms. The largest absolute Gasteiger partial charge is 0.322 e. The van der Waals surface area contributed by atoms with E-state index in [1.54, 1.807) is 0 Å². The molecule has 0 unspecified atom stereocenters. The molecule has 3 rings (SSSR count). The Morgan fingerprint density at radius 2 is 2.25 bits per heavy atom. The highest BCUT2D eigenvalue weighted by molar-refractivity contribution is 7.09. The van der Waals surface area contributed by atoms with Gasteiger partial charge in [-0.05, 0) is 37.4 Å². The third kappa shape index (κ3) is 1.39. The number of imidazole rings is 1. The molecule has 0 aromatic carbocycles. The Labute approximate surface area is 97.8 Å². The van der Waals surface area contributed by atoms with E-state index in [-0.39, 0.29) is 0 Å². The smallest absolute Gasteiger partial charge is 0.179 e. The van der Waals surface area contributed by atoms with Crippen molar-refractivity contribution < 1.29 is 0 Å². The van der Waals surface area contributed by atoms with Crippen molar-refractivity contribution >= 4 is 17.1 Å². The molecule has 0 atom stereocenters. The number of hydrogen-bond donors (Lipinski definition) is 0. The van der Waals surface area contributed by atoms with Gasteiger partial charge in [0.05, 0.1) is 11.9 Å². The Morgan fingerprint density at radius 1 is 1.38 bits per heavy atom. The van der Waals surface area contributed by atoms with Crippen molar-refractivity contribution in [3.05, 3.63) is 23.8 Å². The van der Waals surface area contributed by atoms with Gasteiger partial charge in [0, 0.05) is 6.54 Å². The van der Waals surface area contributed by atoms with Crippen LogP contribution in [0.3, 0.4) is 0 Å². The predicted octanol–water partition coefficient (Wildman–Crippen LogP) is 2.52. The molecular formula is C11H12N4S. The van der Waals surface area contributed by atoms with E-state index in [1.165, 1.54) is 22.8 Å². The van der Waals surface area contributed by atoms with Gasteiger partial charge in [0.15, 0.2) is 10.8 Å². The molecular weight excluding hydrogens is 220 g/mol. The summed E-state index contributed by atoms with van der Waals surface area (Å²) in [6.45, 7) is 5.02. The van der Waals surface area contributed by atoms with Crippen LogP contribution >= 0.6 is 11.5 Å².